The Labute approximate surface area is 330 Å². The molecule has 2 heterocycles. The summed E-state index contributed by atoms with van der Waals surface area (Å²) in [6, 6.07) is 31.3. The Balaban J connectivity index is 0.000000610. The number of carboxylic acid groups (broad SMARTS) is 1. The average Bonchev–Trinajstić information content (AvgIpc) is 3.18. The molecule has 4 aromatic rings. The van der Waals surface area contributed by atoms with Crippen LogP contribution in [0.4, 0.5) is 13.2 Å². The molecular weight excluding hydrogens is 749 g/mol. The molecule has 0 aliphatic carbocycles. The zero-order chi connectivity index (χ0) is 42.6. The molecule has 1 aromatic heterocycles. The zero-order valence-corrected chi connectivity index (χ0v) is 32.9. The molecule has 1 fully saturated rings. The molecule has 298 valence electrons. The highest BCUT2D eigenvalue weighted by Gasteiger charge is 2.38. The normalized spacial score (nSPS) is 12.7. The van der Waals surface area contributed by atoms with Gasteiger partial charge in [-0.3, -0.25) is 9.59 Å². The van der Waals surface area contributed by atoms with E-state index in [1.807, 2.05) is 110 Å². The van der Waals surface area contributed by atoms with Crippen LogP contribution in [0.15, 0.2) is 102 Å². The number of aliphatic carboxylic acids is 1. The summed E-state index contributed by atoms with van der Waals surface area (Å²) in [7, 11) is 0. The fraction of sp³-hybridized carbons (Fsp3) is 0.310. The van der Waals surface area contributed by atoms with Crippen molar-refractivity contribution >= 4 is 35.3 Å². The molecule has 2 unspecified atom stereocenters. The number of piperazine rings is 1. The summed E-state index contributed by atoms with van der Waals surface area (Å²) < 4.78 is 33.6. The molecule has 1 aliphatic heterocycles. The zero-order valence-electron chi connectivity index (χ0n) is 32.1. The monoisotopic (exact) mass is 794 g/mol. The lowest BCUT2D eigenvalue weighted by Crippen LogP contribution is -2.47. The number of halogens is 4. The Morgan fingerprint density at radius 2 is 1.38 bits per heavy atom. The number of aromatic nitrogens is 1. The maximum absolute atomic E-state index is 14.0. The smallest absolute Gasteiger partial charge is 0.475 e. The Hall–Kier alpha value is -5.96. The summed E-state index contributed by atoms with van der Waals surface area (Å²) in [6.45, 7) is 18.6. The van der Waals surface area contributed by atoms with Crippen molar-refractivity contribution in [2.75, 3.05) is 26.2 Å². The van der Waals surface area contributed by atoms with Gasteiger partial charge >= 0.3 is 18.3 Å². The topological polar surface area (TPSA) is 141 Å². The number of alkyl halides is 3. The summed E-state index contributed by atoms with van der Waals surface area (Å²) in [5.41, 5.74) is 6.18. The van der Waals surface area contributed by atoms with Crippen molar-refractivity contribution in [2.24, 2.45) is 0 Å². The molecular formula is C42H46ClF3N4O6. The molecule has 0 radical (unpaired) electrons. The maximum Gasteiger partial charge on any atom is 0.490 e. The number of rotatable bonds is 6. The van der Waals surface area contributed by atoms with E-state index in [0.717, 1.165) is 27.9 Å². The van der Waals surface area contributed by atoms with Crippen LogP contribution < -0.4 is 5.56 Å². The van der Waals surface area contributed by atoms with E-state index in [1.165, 1.54) is 0 Å². The van der Waals surface area contributed by atoms with Crippen LogP contribution >= 0.6 is 11.6 Å². The Bertz CT molecular complexity index is 2020. The molecule has 1 saturated heterocycles. The Morgan fingerprint density at radius 3 is 1.82 bits per heavy atom. The third-order valence-corrected chi connectivity index (χ3v) is 8.67. The summed E-state index contributed by atoms with van der Waals surface area (Å²) in [6.07, 6.45) is -4.83. The first-order chi connectivity index (χ1) is 26.5. The molecule has 1 N–H and O–H groups in total. The lowest BCUT2D eigenvalue weighted by Gasteiger charge is -2.37. The van der Waals surface area contributed by atoms with Gasteiger partial charge in [0.15, 0.2) is 0 Å². The van der Waals surface area contributed by atoms with Crippen LogP contribution in [0.3, 0.4) is 0 Å². The van der Waals surface area contributed by atoms with Gasteiger partial charge in [0, 0.05) is 55.4 Å². The van der Waals surface area contributed by atoms with Gasteiger partial charge in [-0.05, 0) is 66.9 Å². The third kappa shape index (κ3) is 14.7. The second-order valence-electron chi connectivity index (χ2n) is 12.1. The van der Waals surface area contributed by atoms with Gasteiger partial charge in [-0.2, -0.15) is 28.0 Å². The van der Waals surface area contributed by atoms with Gasteiger partial charge < -0.3 is 19.5 Å². The van der Waals surface area contributed by atoms with Crippen LogP contribution in [0.5, 0.6) is 0 Å². The van der Waals surface area contributed by atoms with Gasteiger partial charge in [-0.25, -0.2) is 4.79 Å². The molecule has 2 atom stereocenters. The molecule has 3 aromatic carbocycles. The number of nitrogens with zero attached hydrogens (tertiary/aromatic N) is 4. The number of aryl methyl sites for hydroxylation is 2. The van der Waals surface area contributed by atoms with Crippen LogP contribution in [-0.2, 0) is 19.2 Å². The first-order valence-electron chi connectivity index (χ1n) is 17.4. The number of amides is 1. The number of benzene rings is 3. The van der Waals surface area contributed by atoms with E-state index < -0.39 is 12.1 Å². The Morgan fingerprint density at radius 1 is 0.857 bits per heavy atom. The van der Waals surface area contributed by atoms with Crippen molar-refractivity contribution in [1.29, 1.82) is 5.26 Å². The Kier molecular flexibility index (Phi) is 20.4. The molecule has 0 spiro atoms. The highest BCUT2D eigenvalue weighted by Crippen LogP contribution is 2.35. The highest BCUT2D eigenvalue weighted by atomic mass is 35.5. The van der Waals surface area contributed by atoms with E-state index in [-0.39, 0.29) is 29.6 Å². The van der Waals surface area contributed by atoms with E-state index in [2.05, 4.69) is 36.6 Å². The van der Waals surface area contributed by atoms with Gasteiger partial charge in [0.1, 0.15) is 0 Å². The highest BCUT2D eigenvalue weighted by molar-refractivity contribution is 6.30. The van der Waals surface area contributed by atoms with Crippen molar-refractivity contribution in [3.8, 4) is 6.07 Å². The van der Waals surface area contributed by atoms with Gasteiger partial charge in [-0.1, -0.05) is 93.5 Å². The van der Waals surface area contributed by atoms with Gasteiger partial charge in [0.2, 0.25) is 5.91 Å². The third-order valence-electron chi connectivity index (χ3n) is 8.42. The molecule has 14 heteroatoms. The molecule has 1 amide bonds. The average molecular weight is 795 g/mol. The van der Waals surface area contributed by atoms with Crippen molar-refractivity contribution < 1.29 is 37.5 Å². The summed E-state index contributed by atoms with van der Waals surface area (Å²) in [5.74, 6) is -2.66. The quantitative estimate of drug-likeness (QED) is 0.206. The van der Waals surface area contributed by atoms with Gasteiger partial charge in [0.05, 0.1) is 23.2 Å². The van der Waals surface area contributed by atoms with E-state index in [0.29, 0.717) is 42.5 Å². The fourth-order valence-corrected chi connectivity index (χ4v) is 5.77. The second kappa shape index (κ2) is 23.7. The minimum absolute atomic E-state index is 0.0219. The first kappa shape index (κ1) is 48.1. The van der Waals surface area contributed by atoms with Crippen LogP contribution in [-0.4, -0.2) is 69.9 Å². The lowest BCUT2D eigenvalue weighted by molar-refractivity contribution is -0.193. The summed E-state index contributed by atoms with van der Waals surface area (Å²) in [5, 5.41) is 16.2. The number of carbonyl (C=O) groups is 2. The van der Waals surface area contributed by atoms with E-state index in [1.54, 1.807) is 13.0 Å². The fourth-order valence-electron chi connectivity index (χ4n) is 5.65. The minimum atomic E-state index is -5.08. The van der Waals surface area contributed by atoms with Gasteiger partial charge in [-0.15, -0.1) is 0 Å². The minimum Gasteiger partial charge on any atom is -0.475 e. The van der Waals surface area contributed by atoms with E-state index in [4.69, 9.17) is 36.4 Å². The molecule has 10 nitrogen and oxygen atoms in total. The number of nitriles is 1. The van der Waals surface area contributed by atoms with E-state index >= 15 is 0 Å². The van der Waals surface area contributed by atoms with Gasteiger partial charge in [0.25, 0.3) is 5.56 Å². The largest absolute Gasteiger partial charge is 0.490 e. The standard InChI is InChI=1S/C29H32ClN3O2.C8H7N.C2HF3O2.C2H6.CO2/c1-20-10-15-27(22(3)31-16-18-32(19-17-31)23(4)34)29(35)33(20)28(25-8-6-5-7-9-25)21(2)24-11-13-26(30)14-12-24;1-7-3-2-4-8(5-7)6-9;3-2(4,5)1(6)7;1-2;2-1-3/h5-15,21,28H,3,16-19H2,1-2,4H3;2-5H,1H3;(H,6,7);1-2H3;. The molecule has 0 bridgehead atoms. The summed E-state index contributed by atoms with van der Waals surface area (Å²) in [4.78, 5) is 54.8. The van der Waals surface area contributed by atoms with Crippen molar-refractivity contribution in [2.45, 2.75) is 59.7 Å². The van der Waals surface area contributed by atoms with E-state index in [9.17, 15) is 22.8 Å². The van der Waals surface area contributed by atoms with Crippen molar-refractivity contribution in [3.63, 3.8) is 0 Å². The molecule has 0 saturated carbocycles. The van der Waals surface area contributed by atoms with Crippen molar-refractivity contribution in [1.82, 2.24) is 14.4 Å². The SMILES string of the molecule is C=C(c1ccc(C)n(C(c2ccccc2)C(C)c2ccc(Cl)cc2)c1=O)N1CCN(C(C)=O)CC1.CC.Cc1cccc(C#N)c1.O=C(O)C(F)(F)F.O=C=O. The first-order valence-corrected chi connectivity index (χ1v) is 17.8. The number of carboxylic acids is 1. The van der Waals surface area contributed by atoms with Crippen LogP contribution in [0, 0.1) is 25.2 Å². The number of hydrogen-bond donors (Lipinski definition) is 1. The maximum atomic E-state index is 14.0. The molecule has 5 rings (SSSR count). The second-order valence-corrected chi connectivity index (χ2v) is 12.5. The molecule has 1 aliphatic rings. The number of hydrogen-bond acceptors (Lipinski definition) is 7. The van der Waals surface area contributed by atoms with Crippen LogP contribution in [0.25, 0.3) is 5.70 Å². The predicted molar refractivity (Wildman–Crippen MR) is 209 cm³/mol. The van der Waals surface area contributed by atoms with Crippen molar-refractivity contribution in [3.05, 3.63) is 146 Å². The predicted octanol–water partition coefficient (Wildman–Crippen LogP) is 8.28. The summed E-state index contributed by atoms with van der Waals surface area (Å²) >= 11 is 6.14. The van der Waals surface area contributed by atoms with Crippen LogP contribution in [0.1, 0.15) is 73.2 Å². The lowest BCUT2D eigenvalue weighted by atomic mass is 9.87. The number of carbonyl (C=O) groups excluding carboxylic acids is 3. The molecule has 56 heavy (non-hydrogen) atoms. The number of pyridine rings is 1. The van der Waals surface area contributed by atoms with Crippen LogP contribution in [0.2, 0.25) is 5.02 Å².